The van der Waals surface area contributed by atoms with Crippen LogP contribution in [0, 0.1) is 17.2 Å². The largest absolute Gasteiger partial charge is 0.374 e. The van der Waals surface area contributed by atoms with Gasteiger partial charge in [0.15, 0.2) is 5.78 Å². The Morgan fingerprint density at radius 2 is 2.39 bits per heavy atom. The van der Waals surface area contributed by atoms with Gasteiger partial charge in [0.2, 0.25) is 0 Å². The molecule has 0 amide bonds. The molecular weight excluding hydrogens is 252 g/mol. The number of hydrogen-bond donors (Lipinski definition) is 0. The van der Waals surface area contributed by atoms with Crippen LogP contribution in [0.1, 0.15) is 10.4 Å². The van der Waals surface area contributed by atoms with Gasteiger partial charge in [-0.3, -0.25) is 9.79 Å². The van der Waals surface area contributed by atoms with E-state index in [1.165, 1.54) is 0 Å². The zero-order valence-corrected chi connectivity index (χ0v) is 10.4. The number of rotatable bonds is 3. The molecule has 1 aliphatic rings. The molecule has 1 aromatic rings. The van der Waals surface area contributed by atoms with Crippen LogP contribution in [0.2, 0.25) is 5.02 Å². The van der Waals surface area contributed by atoms with E-state index in [-0.39, 0.29) is 12.4 Å². The molecule has 18 heavy (non-hydrogen) atoms. The lowest BCUT2D eigenvalue weighted by Crippen LogP contribution is -2.30. The molecule has 1 unspecified atom stereocenters. The van der Waals surface area contributed by atoms with Gasteiger partial charge in [-0.15, -0.1) is 0 Å². The third-order valence-corrected chi connectivity index (χ3v) is 2.87. The van der Waals surface area contributed by atoms with Crippen molar-refractivity contribution >= 4 is 23.1 Å². The first-order valence-corrected chi connectivity index (χ1v) is 5.90. The van der Waals surface area contributed by atoms with Gasteiger partial charge < -0.3 is 4.74 Å². The maximum Gasteiger partial charge on any atom is 0.185 e. The number of ether oxygens (including phenoxy) is 1. The molecular formula is C13H11ClN2O2. The van der Waals surface area contributed by atoms with Crippen LogP contribution in [-0.2, 0) is 4.74 Å². The summed E-state index contributed by atoms with van der Waals surface area (Å²) >= 11 is 5.83. The quantitative estimate of drug-likeness (QED) is 0.784. The summed E-state index contributed by atoms with van der Waals surface area (Å²) < 4.78 is 5.21. The third kappa shape index (κ3) is 2.76. The predicted molar refractivity (Wildman–Crippen MR) is 68.0 cm³/mol. The molecule has 0 bridgehead atoms. The number of carbonyl (C=O) groups is 1. The van der Waals surface area contributed by atoms with Crippen molar-refractivity contribution < 1.29 is 9.53 Å². The fourth-order valence-electron chi connectivity index (χ4n) is 1.74. The summed E-state index contributed by atoms with van der Waals surface area (Å²) in [6.45, 7) is 1.27. The Kier molecular flexibility index (Phi) is 4.08. The van der Waals surface area contributed by atoms with Crippen molar-refractivity contribution in [3.8, 4) is 6.07 Å². The molecule has 92 valence electrons. The number of halogens is 1. The lowest BCUT2D eigenvalue weighted by molar-refractivity contribution is 0.0966. The highest BCUT2D eigenvalue weighted by Crippen LogP contribution is 2.16. The first-order valence-electron chi connectivity index (χ1n) is 5.52. The van der Waals surface area contributed by atoms with Crippen LogP contribution < -0.4 is 0 Å². The smallest absolute Gasteiger partial charge is 0.185 e. The minimum atomic E-state index is -0.885. The Labute approximate surface area is 110 Å². The van der Waals surface area contributed by atoms with E-state index < -0.39 is 5.92 Å². The first kappa shape index (κ1) is 12.7. The minimum absolute atomic E-state index is 0.241. The first-order chi connectivity index (χ1) is 8.72. The lowest BCUT2D eigenvalue weighted by Gasteiger charge is -2.16. The standard InChI is InChI=1S/C13H11ClN2O2/c14-10-3-1-2-9(6-10)13(17)11(7-15)12-8-18-5-4-16-12/h1-3,6,11H,4-5,8H2. The number of ketones is 1. The molecule has 0 spiro atoms. The Hall–Kier alpha value is -1.70. The molecule has 0 radical (unpaired) electrons. The zero-order valence-electron chi connectivity index (χ0n) is 9.60. The fraction of sp³-hybridized carbons (Fsp3) is 0.308. The number of hydrogen-bond acceptors (Lipinski definition) is 4. The summed E-state index contributed by atoms with van der Waals surface area (Å²) in [5.41, 5.74) is 0.913. The van der Waals surface area contributed by atoms with Crippen LogP contribution in [0.25, 0.3) is 0 Å². The lowest BCUT2D eigenvalue weighted by atomic mass is 9.94. The van der Waals surface area contributed by atoms with Crippen molar-refractivity contribution in [2.24, 2.45) is 10.9 Å². The van der Waals surface area contributed by atoms with Crippen molar-refractivity contribution in [3.05, 3.63) is 34.9 Å². The van der Waals surface area contributed by atoms with Crippen LogP contribution in [0.15, 0.2) is 29.3 Å². The summed E-state index contributed by atoms with van der Waals surface area (Å²) in [7, 11) is 0. The molecule has 1 aliphatic heterocycles. The maximum absolute atomic E-state index is 12.2. The van der Waals surface area contributed by atoms with Gasteiger partial charge in [0.25, 0.3) is 0 Å². The number of aliphatic imine (C=N–C) groups is 1. The number of nitrogens with zero attached hydrogens (tertiary/aromatic N) is 2. The summed E-state index contributed by atoms with van der Waals surface area (Å²) in [5.74, 6) is -1.17. The second-order valence-electron chi connectivity index (χ2n) is 3.86. The highest BCUT2D eigenvalue weighted by Gasteiger charge is 2.26. The number of carbonyl (C=O) groups excluding carboxylic acids is 1. The third-order valence-electron chi connectivity index (χ3n) is 2.63. The number of nitriles is 1. The van der Waals surface area contributed by atoms with Crippen LogP contribution in [0.3, 0.4) is 0 Å². The summed E-state index contributed by atoms with van der Waals surface area (Å²) in [5, 5.41) is 9.61. The minimum Gasteiger partial charge on any atom is -0.374 e. The van der Waals surface area contributed by atoms with Gasteiger partial charge in [-0.25, -0.2) is 0 Å². The van der Waals surface area contributed by atoms with E-state index in [0.717, 1.165) is 0 Å². The second kappa shape index (κ2) is 5.76. The van der Waals surface area contributed by atoms with Gasteiger partial charge in [0, 0.05) is 10.6 Å². The molecule has 0 aliphatic carbocycles. The van der Waals surface area contributed by atoms with E-state index in [2.05, 4.69) is 4.99 Å². The zero-order chi connectivity index (χ0) is 13.0. The molecule has 0 saturated heterocycles. The molecule has 4 nitrogen and oxygen atoms in total. The van der Waals surface area contributed by atoms with Crippen LogP contribution in [0.4, 0.5) is 0 Å². The van der Waals surface area contributed by atoms with E-state index >= 15 is 0 Å². The van der Waals surface area contributed by atoms with Crippen molar-refractivity contribution in [2.45, 2.75) is 0 Å². The van der Waals surface area contributed by atoms with E-state index in [1.54, 1.807) is 24.3 Å². The van der Waals surface area contributed by atoms with Crippen LogP contribution in [-0.4, -0.2) is 31.3 Å². The Morgan fingerprint density at radius 3 is 3.00 bits per heavy atom. The molecule has 1 atom stereocenters. The van der Waals surface area contributed by atoms with E-state index in [9.17, 15) is 4.79 Å². The normalized spacial score (nSPS) is 16.6. The van der Waals surface area contributed by atoms with Crippen molar-refractivity contribution in [1.82, 2.24) is 0 Å². The van der Waals surface area contributed by atoms with Crippen LogP contribution >= 0.6 is 11.6 Å². The summed E-state index contributed by atoms with van der Waals surface area (Å²) in [6, 6.07) is 8.55. The SMILES string of the molecule is N#CC(C(=O)c1cccc(Cl)c1)C1=NCCOC1. The monoisotopic (exact) mass is 262 g/mol. The maximum atomic E-state index is 12.2. The molecule has 0 aromatic heterocycles. The number of Topliss-reactive ketones (excluding diaryl/α,β-unsaturated/α-hetero) is 1. The van der Waals surface area contributed by atoms with Gasteiger partial charge in [-0.2, -0.15) is 5.26 Å². The van der Waals surface area contributed by atoms with Gasteiger partial charge in [-0.1, -0.05) is 23.7 Å². The molecule has 2 rings (SSSR count). The van der Waals surface area contributed by atoms with Gasteiger partial charge >= 0.3 is 0 Å². The molecule has 1 heterocycles. The van der Waals surface area contributed by atoms with E-state index in [4.69, 9.17) is 21.6 Å². The van der Waals surface area contributed by atoms with E-state index in [0.29, 0.717) is 29.4 Å². The van der Waals surface area contributed by atoms with Gasteiger partial charge in [0.1, 0.15) is 5.92 Å². The van der Waals surface area contributed by atoms with E-state index in [1.807, 2.05) is 6.07 Å². The fourth-order valence-corrected chi connectivity index (χ4v) is 1.93. The highest BCUT2D eigenvalue weighted by molar-refractivity contribution is 6.31. The average Bonchev–Trinajstić information content (AvgIpc) is 2.41. The van der Waals surface area contributed by atoms with Gasteiger partial charge in [0.05, 0.1) is 31.5 Å². The highest BCUT2D eigenvalue weighted by atomic mass is 35.5. The summed E-state index contributed by atoms with van der Waals surface area (Å²) in [4.78, 5) is 16.4. The van der Waals surface area contributed by atoms with Crippen molar-refractivity contribution in [3.63, 3.8) is 0 Å². The Bertz CT molecular complexity index is 534. The molecule has 0 saturated carbocycles. The average molecular weight is 263 g/mol. The topological polar surface area (TPSA) is 62.5 Å². The van der Waals surface area contributed by atoms with Crippen molar-refractivity contribution in [2.75, 3.05) is 19.8 Å². The molecule has 0 fully saturated rings. The van der Waals surface area contributed by atoms with Gasteiger partial charge in [-0.05, 0) is 12.1 Å². The second-order valence-corrected chi connectivity index (χ2v) is 4.30. The predicted octanol–water partition coefficient (Wildman–Crippen LogP) is 2.13. The molecule has 5 heteroatoms. The summed E-state index contributed by atoms with van der Waals surface area (Å²) in [6.07, 6.45) is 0. The Morgan fingerprint density at radius 1 is 1.56 bits per heavy atom. The van der Waals surface area contributed by atoms with Crippen molar-refractivity contribution in [1.29, 1.82) is 5.26 Å². The molecule has 1 aromatic carbocycles. The molecule has 0 N–H and O–H groups in total. The van der Waals surface area contributed by atoms with Crippen LogP contribution in [0.5, 0.6) is 0 Å². The Balaban J connectivity index is 2.26. The number of benzene rings is 1.